The van der Waals surface area contributed by atoms with Gasteiger partial charge in [-0.05, 0) is 42.7 Å². The number of halogens is 2. The third-order valence-corrected chi connectivity index (χ3v) is 5.50. The Morgan fingerprint density at radius 1 is 1.13 bits per heavy atom. The van der Waals surface area contributed by atoms with Crippen LogP contribution in [0.1, 0.15) is 18.4 Å². The summed E-state index contributed by atoms with van der Waals surface area (Å²) in [5.74, 6) is 1.47. The van der Waals surface area contributed by atoms with Gasteiger partial charge in [0.2, 0.25) is 0 Å². The molecule has 0 unspecified atom stereocenters. The highest BCUT2D eigenvalue weighted by Gasteiger charge is 2.34. The van der Waals surface area contributed by atoms with Gasteiger partial charge in [0.1, 0.15) is 18.2 Å². The Kier molecular flexibility index (Phi) is 9.84. The fourth-order valence-corrected chi connectivity index (χ4v) is 3.69. The van der Waals surface area contributed by atoms with Crippen molar-refractivity contribution in [1.29, 1.82) is 0 Å². The SMILES string of the molecule is CN=C(NCC1(c2ccc(F)cc2)CCOCC1)N(C)CCOc1ccccc1.I. The van der Waals surface area contributed by atoms with Crippen molar-refractivity contribution in [3.8, 4) is 5.75 Å². The predicted octanol–water partition coefficient (Wildman–Crippen LogP) is 4.08. The molecule has 1 N–H and O–H groups in total. The number of likely N-dealkylation sites (N-methyl/N-ethyl adjacent to an activating group) is 1. The molecule has 1 fully saturated rings. The van der Waals surface area contributed by atoms with Crippen molar-refractivity contribution in [3.05, 3.63) is 66.0 Å². The molecule has 164 valence electrons. The van der Waals surface area contributed by atoms with Crippen LogP contribution in [0.3, 0.4) is 0 Å². The molecule has 5 nitrogen and oxygen atoms in total. The first-order valence-electron chi connectivity index (χ1n) is 10.1. The van der Waals surface area contributed by atoms with E-state index in [2.05, 4.69) is 15.2 Å². The first-order valence-corrected chi connectivity index (χ1v) is 10.1. The molecule has 0 radical (unpaired) electrons. The average molecular weight is 527 g/mol. The molecule has 1 aliphatic heterocycles. The molecule has 3 rings (SSSR count). The lowest BCUT2D eigenvalue weighted by Gasteiger charge is -2.39. The number of ether oxygens (including phenoxy) is 2. The minimum atomic E-state index is -0.210. The van der Waals surface area contributed by atoms with Crippen molar-refractivity contribution in [3.63, 3.8) is 0 Å². The molecule has 1 heterocycles. The summed E-state index contributed by atoms with van der Waals surface area (Å²) in [6, 6.07) is 16.6. The van der Waals surface area contributed by atoms with Gasteiger partial charge in [-0.1, -0.05) is 30.3 Å². The van der Waals surface area contributed by atoms with E-state index in [-0.39, 0.29) is 35.2 Å². The molecule has 7 heteroatoms. The van der Waals surface area contributed by atoms with Crippen molar-refractivity contribution < 1.29 is 13.9 Å². The van der Waals surface area contributed by atoms with Crippen LogP contribution in [-0.4, -0.2) is 57.9 Å². The molecule has 0 atom stereocenters. The van der Waals surface area contributed by atoms with Gasteiger partial charge >= 0.3 is 0 Å². The van der Waals surface area contributed by atoms with E-state index in [1.165, 1.54) is 12.1 Å². The van der Waals surface area contributed by atoms with E-state index < -0.39 is 0 Å². The van der Waals surface area contributed by atoms with Crippen LogP contribution >= 0.6 is 24.0 Å². The molecule has 0 saturated carbocycles. The third-order valence-electron chi connectivity index (χ3n) is 5.50. The monoisotopic (exact) mass is 527 g/mol. The lowest BCUT2D eigenvalue weighted by atomic mass is 9.74. The summed E-state index contributed by atoms with van der Waals surface area (Å²) in [4.78, 5) is 6.48. The summed E-state index contributed by atoms with van der Waals surface area (Å²) >= 11 is 0. The molecule has 2 aromatic carbocycles. The summed E-state index contributed by atoms with van der Waals surface area (Å²) in [6.07, 6.45) is 1.78. The molecule has 0 aliphatic carbocycles. The fraction of sp³-hybridized carbons (Fsp3) is 0.435. The number of aliphatic imine (C=N–C) groups is 1. The standard InChI is InChI=1S/C23H30FN3O2.HI/c1-25-22(27(2)14-17-29-21-6-4-3-5-7-21)26-18-23(12-15-28-16-13-23)19-8-10-20(24)11-9-19;/h3-11H,12-18H2,1-2H3,(H,25,26);1H. The fourth-order valence-electron chi connectivity index (χ4n) is 3.69. The maximum atomic E-state index is 13.4. The van der Waals surface area contributed by atoms with Gasteiger partial charge in [0.15, 0.2) is 5.96 Å². The Hall–Kier alpha value is -1.87. The molecule has 0 amide bonds. The number of para-hydroxylation sites is 1. The van der Waals surface area contributed by atoms with E-state index in [1.54, 1.807) is 7.05 Å². The molecule has 0 bridgehead atoms. The van der Waals surface area contributed by atoms with E-state index >= 15 is 0 Å². The summed E-state index contributed by atoms with van der Waals surface area (Å²) in [6.45, 7) is 3.41. The second-order valence-electron chi connectivity index (χ2n) is 7.38. The molecule has 0 aromatic heterocycles. The highest BCUT2D eigenvalue weighted by atomic mass is 127. The number of nitrogens with zero attached hydrogens (tertiary/aromatic N) is 2. The van der Waals surface area contributed by atoms with Crippen molar-refractivity contribution in [2.45, 2.75) is 18.3 Å². The van der Waals surface area contributed by atoms with Crippen LogP contribution in [-0.2, 0) is 10.2 Å². The topological polar surface area (TPSA) is 46.1 Å². The number of hydrogen-bond acceptors (Lipinski definition) is 3. The van der Waals surface area contributed by atoms with Crippen molar-refractivity contribution in [2.75, 3.05) is 47.0 Å². The van der Waals surface area contributed by atoms with E-state index in [0.717, 1.165) is 36.7 Å². The summed E-state index contributed by atoms with van der Waals surface area (Å²) in [7, 11) is 3.78. The number of rotatable bonds is 7. The third kappa shape index (κ3) is 6.57. The Labute approximate surface area is 195 Å². The van der Waals surface area contributed by atoms with Crippen LogP contribution in [0.5, 0.6) is 5.75 Å². The molecule has 1 aliphatic rings. The second kappa shape index (κ2) is 12.1. The van der Waals surface area contributed by atoms with Gasteiger partial charge in [-0.2, -0.15) is 0 Å². The maximum Gasteiger partial charge on any atom is 0.193 e. The van der Waals surface area contributed by atoms with Gasteiger partial charge in [-0.15, -0.1) is 24.0 Å². The van der Waals surface area contributed by atoms with Gasteiger partial charge in [-0.25, -0.2) is 4.39 Å². The van der Waals surface area contributed by atoms with E-state index in [4.69, 9.17) is 9.47 Å². The van der Waals surface area contributed by atoms with Crippen molar-refractivity contribution >= 4 is 29.9 Å². The van der Waals surface area contributed by atoms with Crippen LogP contribution in [0.25, 0.3) is 0 Å². The zero-order valence-electron chi connectivity index (χ0n) is 17.6. The van der Waals surface area contributed by atoms with E-state index in [0.29, 0.717) is 26.4 Å². The van der Waals surface area contributed by atoms with Crippen LogP contribution in [0.4, 0.5) is 4.39 Å². The molecule has 0 spiro atoms. The molecular formula is C23H31FIN3O2. The molecular weight excluding hydrogens is 496 g/mol. The average Bonchev–Trinajstić information content (AvgIpc) is 2.76. The lowest BCUT2D eigenvalue weighted by Crippen LogP contribution is -2.49. The smallest absolute Gasteiger partial charge is 0.193 e. The predicted molar refractivity (Wildman–Crippen MR) is 129 cm³/mol. The maximum absolute atomic E-state index is 13.4. The second-order valence-corrected chi connectivity index (χ2v) is 7.38. The summed E-state index contributed by atoms with van der Waals surface area (Å²) < 4.78 is 24.8. The Morgan fingerprint density at radius 3 is 2.43 bits per heavy atom. The summed E-state index contributed by atoms with van der Waals surface area (Å²) in [5.41, 5.74) is 1.05. The number of hydrogen-bond donors (Lipinski definition) is 1. The Balaban J connectivity index is 0.00000320. The van der Waals surface area contributed by atoms with Crippen LogP contribution < -0.4 is 10.1 Å². The number of benzene rings is 2. The van der Waals surface area contributed by atoms with Crippen LogP contribution in [0, 0.1) is 5.82 Å². The molecule has 1 saturated heterocycles. The highest BCUT2D eigenvalue weighted by Crippen LogP contribution is 2.34. The van der Waals surface area contributed by atoms with Crippen LogP contribution in [0.15, 0.2) is 59.6 Å². The normalized spacial score (nSPS) is 15.8. The van der Waals surface area contributed by atoms with E-state index in [1.807, 2.05) is 49.5 Å². The van der Waals surface area contributed by atoms with Crippen molar-refractivity contribution in [1.82, 2.24) is 10.2 Å². The van der Waals surface area contributed by atoms with Gasteiger partial charge < -0.3 is 19.7 Å². The van der Waals surface area contributed by atoms with E-state index in [9.17, 15) is 4.39 Å². The Morgan fingerprint density at radius 2 is 1.80 bits per heavy atom. The quantitative estimate of drug-likeness (QED) is 0.335. The zero-order valence-corrected chi connectivity index (χ0v) is 20.0. The highest BCUT2D eigenvalue weighted by molar-refractivity contribution is 14.0. The Bertz CT molecular complexity index is 781. The first kappa shape index (κ1) is 24.4. The molecule has 2 aromatic rings. The number of nitrogens with one attached hydrogen (secondary N) is 1. The lowest BCUT2D eigenvalue weighted by molar-refractivity contribution is 0.0512. The number of guanidine groups is 1. The van der Waals surface area contributed by atoms with Gasteiger partial charge in [-0.3, -0.25) is 4.99 Å². The summed E-state index contributed by atoms with van der Waals surface area (Å²) in [5, 5.41) is 3.51. The largest absolute Gasteiger partial charge is 0.492 e. The van der Waals surface area contributed by atoms with Gasteiger partial charge in [0.05, 0.1) is 6.54 Å². The van der Waals surface area contributed by atoms with Crippen LogP contribution in [0.2, 0.25) is 0 Å². The minimum absolute atomic E-state index is 0. The van der Waals surface area contributed by atoms with Crippen molar-refractivity contribution in [2.24, 2.45) is 4.99 Å². The zero-order chi connectivity index (χ0) is 20.5. The molecule has 30 heavy (non-hydrogen) atoms. The van der Waals surface area contributed by atoms with Gasteiger partial charge in [0, 0.05) is 39.3 Å². The van der Waals surface area contributed by atoms with Gasteiger partial charge in [0.25, 0.3) is 0 Å². The first-order chi connectivity index (χ1) is 14.1. The minimum Gasteiger partial charge on any atom is -0.492 e.